The predicted octanol–water partition coefficient (Wildman–Crippen LogP) is 1.13. The summed E-state index contributed by atoms with van der Waals surface area (Å²) in [6.07, 6.45) is 2.46. The second-order valence-electron chi connectivity index (χ2n) is 3.96. The first-order valence-electron chi connectivity index (χ1n) is 5.14. The molecule has 80 valence electrons. The van der Waals surface area contributed by atoms with Gasteiger partial charge in [-0.15, -0.1) is 0 Å². The number of nitrogens with zero attached hydrogens (tertiary/aromatic N) is 3. The Morgan fingerprint density at radius 2 is 1.46 bits per heavy atom. The lowest BCUT2D eigenvalue weighted by molar-refractivity contribution is 0.0225. The molecule has 0 aromatic rings. The molecule has 0 fully saturated rings. The van der Waals surface area contributed by atoms with Crippen molar-refractivity contribution >= 4 is 0 Å². The number of hydrazine groups is 1. The van der Waals surface area contributed by atoms with Crippen LogP contribution in [0.1, 0.15) is 19.8 Å². The highest BCUT2D eigenvalue weighted by Crippen LogP contribution is 1.96. The smallest absolute Gasteiger partial charge is 0.0145 e. The Morgan fingerprint density at radius 1 is 0.846 bits per heavy atom. The van der Waals surface area contributed by atoms with E-state index >= 15 is 0 Å². The Labute approximate surface area is 83.3 Å². The van der Waals surface area contributed by atoms with Crippen molar-refractivity contribution in [3.63, 3.8) is 0 Å². The first-order chi connectivity index (χ1) is 6.07. The molecule has 0 aromatic carbocycles. The van der Waals surface area contributed by atoms with Gasteiger partial charge in [0, 0.05) is 27.2 Å². The molecule has 0 aliphatic heterocycles. The first-order valence-corrected chi connectivity index (χ1v) is 5.14. The van der Waals surface area contributed by atoms with Gasteiger partial charge in [-0.1, -0.05) is 6.92 Å². The van der Waals surface area contributed by atoms with Crippen LogP contribution in [0.2, 0.25) is 0 Å². The summed E-state index contributed by atoms with van der Waals surface area (Å²) in [7, 11) is 8.48. The van der Waals surface area contributed by atoms with Crippen LogP contribution in [0.25, 0.3) is 0 Å². The standard InChI is InChI=1S/C10H25N3/c1-6-8-13(12(4)5)10-7-9-11(2)3/h6-10H2,1-5H3. The quantitative estimate of drug-likeness (QED) is 0.553. The van der Waals surface area contributed by atoms with Gasteiger partial charge in [-0.25, -0.2) is 10.0 Å². The highest BCUT2D eigenvalue weighted by Gasteiger charge is 2.04. The molecule has 0 aliphatic carbocycles. The van der Waals surface area contributed by atoms with Gasteiger partial charge in [0.25, 0.3) is 0 Å². The Bertz CT molecular complexity index is 113. The number of hydrogen-bond donors (Lipinski definition) is 0. The van der Waals surface area contributed by atoms with E-state index < -0.39 is 0 Å². The lowest BCUT2D eigenvalue weighted by Gasteiger charge is -2.28. The van der Waals surface area contributed by atoms with Gasteiger partial charge in [0.1, 0.15) is 0 Å². The zero-order chi connectivity index (χ0) is 10.3. The number of rotatable bonds is 7. The minimum Gasteiger partial charge on any atom is -0.309 e. The van der Waals surface area contributed by atoms with E-state index in [-0.39, 0.29) is 0 Å². The molecule has 0 aliphatic rings. The molecule has 0 aromatic heterocycles. The van der Waals surface area contributed by atoms with E-state index in [1.807, 2.05) is 0 Å². The molecule has 0 atom stereocenters. The van der Waals surface area contributed by atoms with Crippen molar-refractivity contribution in [3.8, 4) is 0 Å². The lowest BCUT2D eigenvalue weighted by atomic mass is 10.3. The molecular formula is C10H25N3. The third kappa shape index (κ3) is 6.99. The van der Waals surface area contributed by atoms with Crippen LogP contribution in [0.15, 0.2) is 0 Å². The van der Waals surface area contributed by atoms with Gasteiger partial charge in [-0.05, 0) is 33.5 Å². The molecular weight excluding hydrogens is 162 g/mol. The Morgan fingerprint density at radius 3 is 1.85 bits per heavy atom. The van der Waals surface area contributed by atoms with Crippen molar-refractivity contribution in [2.24, 2.45) is 0 Å². The van der Waals surface area contributed by atoms with Gasteiger partial charge in [0.15, 0.2) is 0 Å². The van der Waals surface area contributed by atoms with Crippen molar-refractivity contribution < 1.29 is 0 Å². The first kappa shape index (κ1) is 12.9. The van der Waals surface area contributed by atoms with Crippen LogP contribution < -0.4 is 0 Å². The topological polar surface area (TPSA) is 9.72 Å². The highest BCUT2D eigenvalue weighted by molar-refractivity contribution is 4.53. The Balaban J connectivity index is 3.57. The molecule has 0 N–H and O–H groups in total. The molecule has 0 radical (unpaired) electrons. The van der Waals surface area contributed by atoms with E-state index in [1.54, 1.807) is 0 Å². The monoisotopic (exact) mass is 187 g/mol. The fraction of sp³-hybridized carbons (Fsp3) is 1.00. The van der Waals surface area contributed by atoms with Crippen LogP contribution in [0.4, 0.5) is 0 Å². The van der Waals surface area contributed by atoms with Crippen molar-refractivity contribution in [2.75, 3.05) is 47.8 Å². The highest BCUT2D eigenvalue weighted by atomic mass is 15.6. The summed E-state index contributed by atoms with van der Waals surface area (Å²) in [5.41, 5.74) is 0. The normalized spacial score (nSPS) is 12.0. The van der Waals surface area contributed by atoms with Crippen LogP contribution in [-0.2, 0) is 0 Å². The second-order valence-corrected chi connectivity index (χ2v) is 3.96. The number of hydrogen-bond acceptors (Lipinski definition) is 3. The Hall–Kier alpha value is -0.120. The van der Waals surface area contributed by atoms with E-state index in [0.717, 1.165) is 0 Å². The summed E-state index contributed by atoms with van der Waals surface area (Å²) in [4.78, 5) is 2.24. The molecule has 3 heteroatoms. The van der Waals surface area contributed by atoms with Gasteiger partial charge in [0.05, 0.1) is 0 Å². The van der Waals surface area contributed by atoms with Gasteiger partial charge >= 0.3 is 0 Å². The third-order valence-electron chi connectivity index (χ3n) is 2.07. The fourth-order valence-electron chi connectivity index (χ4n) is 1.34. The molecule has 13 heavy (non-hydrogen) atoms. The van der Waals surface area contributed by atoms with Crippen molar-refractivity contribution in [2.45, 2.75) is 19.8 Å². The SMILES string of the molecule is CCCN(CCCN(C)C)N(C)C. The maximum absolute atomic E-state index is 2.39. The summed E-state index contributed by atoms with van der Waals surface area (Å²) in [6, 6.07) is 0. The van der Waals surface area contributed by atoms with Crippen molar-refractivity contribution in [3.05, 3.63) is 0 Å². The summed E-state index contributed by atoms with van der Waals surface area (Å²) >= 11 is 0. The Kier molecular flexibility index (Phi) is 7.23. The van der Waals surface area contributed by atoms with Crippen LogP contribution in [0.3, 0.4) is 0 Å². The van der Waals surface area contributed by atoms with E-state index in [9.17, 15) is 0 Å². The van der Waals surface area contributed by atoms with Crippen molar-refractivity contribution in [1.82, 2.24) is 14.9 Å². The van der Waals surface area contributed by atoms with Gasteiger partial charge in [0.2, 0.25) is 0 Å². The minimum absolute atomic E-state index is 1.17. The minimum atomic E-state index is 1.17. The van der Waals surface area contributed by atoms with E-state index in [0.29, 0.717) is 0 Å². The van der Waals surface area contributed by atoms with E-state index in [4.69, 9.17) is 0 Å². The molecule has 0 heterocycles. The molecule has 3 nitrogen and oxygen atoms in total. The average molecular weight is 187 g/mol. The maximum Gasteiger partial charge on any atom is 0.0145 e. The maximum atomic E-state index is 2.39. The molecule has 0 unspecified atom stereocenters. The molecule has 0 rings (SSSR count). The molecule has 0 saturated carbocycles. The third-order valence-corrected chi connectivity index (χ3v) is 2.07. The van der Waals surface area contributed by atoms with E-state index in [1.165, 1.54) is 32.5 Å². The van der Waals surface area contributed by atoms with Gasteiger partial charge in [-0.3, -0.25) is 0 Å². The fourth-order valence-corrected chi connectivity index (χ4v) is 1.34. The summed E-state index contributed by atoms with van der Waals surface area (Å²) in [5.74, 6) is 0. The molecule has 0 spiro atoms. The summed E-state index contributed by atoms with van der Waals surface area (Å²) < 4.78 is 0. The molecule has 0 bridgehead atoms. The second kappa shape index (κ2) is 7.30. The predicted molar refractivity (Wildman–Crippen MR) is 58.7 cm³/mol. The zero-order valence-electron chi connectivity index (χ0n) is 9.88. The molecule has 0 saturated heterocycles. The lowest BCUT2D eigenvalue weighted by Crippen LogP contribution is -2.39. The largest absolute Gasteiger partial charge is 0.309 e. The van der Waals surface area contributed by atoms with Crippen LogP contribution in [-0.4, -0.2) is 62.7 Å². The average Bonchev–Trinajstić information content (AvgIpc) is 2.02. The molecule has 0 amide bonds. The van der Waals surface area contributed by atoms with Crippen molar-refractivity contribution in [1.29, 1.82) is 0 Å². The van der Waals surface area contributed by atoms with Crippen LogP contribution in [0, 0.1) is 0 Å². The van der Waals surface area contributed by atoms with Gasteiger partial charge in [-0.2, -0.15) is 0 Å². The summed E-state index contributed by atoms with van der Waals surface area (Å²) in [5, 5.41) is 4.59. The van der Waals surface area contributed by atoms with Crippen LogP contribution >= 0.6 is 0 Å². The van der Waals surface area contributed by atoms with Gasteiger partial charge < -0.3 is 4.90 Å². The van der Waals surface area contributed by atoms with E-state index in [2.05, 4.69) is 50.0 Å². The van der Waals surface area contributed by atoms with Crippen LogP contribution in [0.5, 0.6) is 0 Å². The zero-order valence-corrected chi connectivity index (χ0v) is 9.88. The summed E-state index contributed by atoms with van der Waals surface area (Å²) in [6.45, 7) is 5.73.